The summed E-state index contributed by atoms with van der Waals surface area (Å²) in [4.78, 5) is 3.62. The summed E-state index contributed by atoms with van der Waals surface area (Å²) in [6.07, 6.45) is 4.45. The predicted octanol–water partition coefficient (Wildman–Crippen LogP) is 2.44. The number of hydrogen-bond donors (Lipinski definition) is 1. The van der Waals surface area contributed by atoms with Crippen molar-refractivity contribution in [2.24, 2.45) is 0 Å². The van der Waals surface area contributed by atoms with E-state index in [0.717, 1.165) is 19.0 Å². The Labute approximate surface area is 77.4 Å². The zero-order valence-electron chi connectivity index (χ0n) is 7.70. The Hall–Kier alpha value is -0.960. The minimum Gasteiger partial charge on any atom is -0.388 e. The van der Waals surface area contributed by atoms with Crippen LogP contribution < -0.4 is 0 Å². The third kappa shape index (κ3) is 2.77. The lowest BCUT2D eigenvalue weighted by Gasteiger charge is -2.10. The van der Waals surface area contributed by atoms with Gasteiger partial charge in [-0.2, -0.15) is 0 Å². The first kappa shape index (κ1) is 10.1. The van der Waals surface area contributed by atoms with Crippen LogP contribution in [0.2, 0.25) is 0 Å². The molecule has 0 bridgehead atoms. The molecule has 0 radical (unpaired) electrons. The highest BCUT2D eigenvalue weighted by molar-refractivity contribution is 5.15. The fourth-order valence-electron chi connectivity index (χ4n) is 1.21. The lowest BCUT2D eigenvalue weighted by atomic mass is 10.1. The van der Waals surface area contributed by atoms with Crippen molar-refractivity contribution in [2.75, 3.05) is 0 Å². The van der Waals surface area contributed by atoms with E-state index < -0.39 is 11.9 Å². The van der Waals surface area contributed by atoms with E-state index in [4.69, 9.17) is 0 Å². The summed E-state index contributed by atoms with van der Waals surface area (Å²) in [7, 11) is 0. The molecule has 0 saturated carbocycles. The number of aliphatic hydroxyl groups excluding tert-OH is 1. The van der Waals surface area contributed by atoms with E-state index in [0.29, 0.717) is 12.0 Å². The highest BCUT2D eigenvalue weighted by Crippen LogP contribution is 2.20. The second-order valence-electron chi connectivity index (χ2n) is 3.06. The summed E-state index contributed by atoms with van der Waals surface area (Å²) in [5, 5.41) is 9.56. The summed E-state index contributed by atoms with van der Waals surface area (Å²) < 4.78 is 13.0. The molecule has 1 unspecified atom stereocenters. The zero-order valence-corrected chi connectivity index (χ0v) is 7.70. The van der Waals surface area contributed by atoms with Gasteiger partial charge in [-0.25, -0.2) is 4.39 Å². The minimum absolute atomic E-state index is 0.350. The summed E-state index contributed by atoms with van der Waals surface area (Å²) in [5.41, 5.74) is 0.350. The van der Waals surface area contributed by atoms with Crippen LogP contribution in [0.25, 0.3) is 0 Å². The van der Waals surface area contributed by atoms with E-state index in [1.807, 2.05) is 6.92 Å². The first-order valence-corrected chi connectivity index (χ1v) is 4.53. The molecule has 13 heavy (non-hydrogen) atoms. The average molecular weight is 183 g/mol. The van der Waals surface area contributed by atoms with Crippen molar-refractivity contribution < 1.29 is 9.50 Å². The summed E-state index contributed by atoms with van der Waals surface area (Å²) in [6.45, 7) is 2.04. The van der Waals surface area contributed by atoms with Crippen LogP contribution in [0.4, 0.5) is 4.39 Å². The van der Waals surface area contributed by atoms with Gasteiger partial charge < -0.3 is 5.11 Å². The average Bonchev–Trinajstić information content (AvgIpc) is 2.15. The SMILES string of the molecule is CCCCC(O)c1ccncc1F. The molecule has 3 heteroatoms. The fraction of sp³-hybridized carbons (Fsp3) is 0.500. The largest absolute Gasteiger partial charge is 0.388 e. The normalized spacial score (nSPS) is 12.8. The Kier molecular flexibility index (Phi) is 3.83. The summed E-state index contributed by atoms with van der Waals surface area (Å²) in [6, 6.07) is 1.52. The molecule has 0 amide bonds. The highest BCUT2D eigenvalue weighted by atomic mass is 19.1. The Morgan fingerprint density at radius 3 is 3.00 bits per heavy atom. The van der Waals surface area contributed by atoms with Crippen LogP contribution in [-0.2, 0) is 0 Å². The molecule has 0 fully saturated rings. The third-order valence-corrected chi connectivity index (χ3v) is 1.99. The Morgan fingerprint density at radius 2 is 2.38 bits per heavy atom. The van der Waals surface area contributed by atoms with Crippen molar-refractivity contribution >= 4 is 0 Å². The molecule has 1 atom stereocenters. The van der Waals surface area contributed by atoms with Crippen LogP contribution in [0.1, 0.15) is 37.9 Å². The van der Waals surface area contributed by atoms with Crippen LogP contribution in [0.5, 0.6) is 0 Å². The monoisotopic (exact) mass is 183 g/mol. The second-order valence-corrected chi connectivity index (χ2v) is 3.06. The quantitative estimate of drug-likeness (QED) is 0.777. The molecule has 2 nitrogen and oxygen atoms in total. The van der Waals surface area contributed by atoms with Gasteiger partial charge in [0.2, 0.25) is 0 Å². The molecule has 1 rings (SSSR count). The van der Waals surface area contributed by atoms with E-state index in [9.17, 15) is 9.50 Å². The number of aromatic nitrogens is 1. The van der Waals surface area contributed by atoms with Gasteiger partial charge in [-0.1, -0.05) is 19.8 Å². The number of halogens is 1. The van der Waals surface area contributed by atoms with Crippen LogP contribution in [0, 0.1) is 5.82 Å². The molecular weight excluding hydrogens is 169 g/mol. The summed E-state index contributed by atoms with van der Waals surface area (Å²) >= 11 is 0. The molecule has 1 heterocycles. The standard InChI is InChI=1S/C10H14FNO/c1-2-3-4-10(13)8-5-6-12-7-9(8)11/h5-7,10,13H,2-4H2,1H3. The first-order chi connectivity index (χ1) is 6.25. The molecule has 1 aromatic heterocycles. The van der Waals surface area contributed by atoms with Gasteiger partial charge in [0.1, 0.15) is 5.82 Å². The van der Waals surface area contributed by atoms with Crippen molar-refractivity contribution in [3.63, 3.8) is 0 Å². The number of nitrogens with zero attached hydrogens (tertiary/aromatic N) is 1. The number of rotatable bonds is 4. The van der Waals surface area contributed by atoms with Gasteiger partial charge in [-0.05, 0) is 12.5 Å². The number of pyridine rings is 1. The van der Waals surface area contributed by atoms with E-state index in [1.54, 1.807) is 0 Å². The highest BCUT2D eigenvalue weighted by Gasteiger charge is 2.11. The maximum Gasteiger partial charge on any atom is 0.147 e. The van der Waals surface area contributed by atoms with E-state index in [2.05, 4.69) is 4.98 Å². The molecule has 72 valence electrons. The van der Waals surface area contributed by atoms with Crippen LogP contribution >= 0.6 is 0 Å². The van der Waals surface area contributed by atoms with Crippen LogP contribution in [-0.4, -0.2) is 10.1 Å². The number of unbranched alkanes of at least 4 members (excludes halogenated alkanes) is 1. The van der Waals surface area contributed by atoms with E-state index in [-0.39, 0.29) is 0 Å². The predicted molar refractivity (Wildman–Crippen MR) is 48.7 cm³/mol. The van der Waals surface area contributed by atoms with Gasteiger partial charge in [0.25, 0.3) is 0 Å². The molecular formula is C10H14FNO. The lowest BCUT2D eigenvalue weighted by molar-refractivity contribution is 0.159. The van der Waals surface area contributed by atoms with Gasteiger partial charge in [0, 0.05) is 11.8 Å². The van der Waals surface area contributed by atoms with Gasteiger partial charge in [0.05, 0.1) is 12.3 Å². The van der Waals surface area contributed by atoms with Gasteiger partial charge in [-0.15, -0.1) is 0 Å². The van der Waals surface area contributed by atoms with Gasteiger partial charge in [0.15, 0.2) is 0 Å². The smallest absolute Gasteiger partial charge is 0.147 e. The fourth-order valence-corrected chi connectivity index (χ4v) is 1.21. The molecule has 0 aliphatic rings. The Balaban J connectivity index is 2.65. The van der Waals surface area contributed by atoms with Gasteiger partial charge >= 0.3 is 0 Å². The van der Waals surface area contributed by atoms with Gasteiger partial charge in [-0.3, -0.25) is 4.98 Å². The molecule has 0 spiro atoms. The maximum absolute atomic E-state index is 13.0. The van der Waals surface area contributed by atoms with Crippen molar-refractivity contribution in [3.8, 4) is 0 Å². The van der Waals surface area contributed by atoms with Crippen molar-refractivity contribution in [3.05, 3.63) is 29.8 Å². The van der Waals surface area contributed by atoms with Crippen molar-refractivity contribution in [1.82, 2.24) is 4.98 Å². The Bertz CT molecular complexity index is 265. The number of hydrogen-bond acceptors (Lipinski definition) is 2. The topological polar surface area (TPSA) is 33.1 Å². The molecule has 0 aromatic carbocycles. The Morgan fingerprint density at radius 1 is 1.62 bits per heavy atom. The molecule has 1 N–H and O–H groups in total. The molecule has 0 aliphatic heterocycles. The van der Waals surface area contributed by atoms with E-state index >= 15 is 0 Å². The number of aliphatic hydroxyl groups is 1. The summed E-state index contributed by atoms with van der Waals surface area (Å²) in [5.74, 6) is -0.425. The molecule has 1 aromatic rings. The van der Waals surface area contributed by atoms with Crippen LogP contribution in [0.15, 0.2) is 18.5 Å². The van der Waals surface area contributed by atoms with Crippen LogP contribution in [0.3, 0.4) is 0 Å². The second kappa shape index (κ2) is 4.92. The lowest BCUT2D eigenvalue weighted by Crippen LogP contribution is -2.00. The zero-order chi connectivity index (χ0) is 9.68. The minimum atomic E-state index is -0.692. The first-order valence-electron chi connectivity index (χ1n) is 4.53. The molecule has 0 aliphatic carbocycles. The van der Waals surface area contributed by atoms with Crippen molar-refractivity contribution in [2.45, 2.75) is 32.3 Å². The van der Waals surface area contributed by atoms with Crippen molar-refractivity contribution in [1.29, 1.82) is 0 Å². The third-order valence-electron chi connectivity index (χ3n) is 1.99. The van der Waals surface area contributed by atoms with E-state index in [1.165, 1.54) is 12.3 Å². The maximum atomic E-state index is 13.0. The molecule has 0 saturated heterocycles.